The SMILES string of the molecule is CCCNc1nc(-c2ccc(Br)cc2)nc(C)c1F. The molecule has 0 atom stereocenters. The van der Waals surface area contributed by atoms with Crippen molar-refractivity contribution >= 4 is 21.7 Å². The van der Waals surface area contributed by atoms with E-state index in [-0.39, 0.29) is 11.6 Å². The lowest BCUT2D eigenvalue weighted by molar-refractivity contribution is 0.605. The number of nitrogens with one attached hydrogen (secondary N) is 1. The summed E-state index contributed by atoms with van der Waals surface area (Å²) in [7, 11) is 0. The first-order valence-electron chi connectivity index (χ1n) is 6.15. The van der Waals surface area contributed by atoms with E-state index >= 15 is 0 Å². The number of nitrogens with zero attached hydrogens (tertiary/aromatic N) is 2. The van der Waals surface area contributed by atoms with E-state index in [0.717, 1.165) is 16.5 Å². The molecular formula is C14H15BrFN3. The highest BCUT2D eigenvalue weighted by Crippen LogP contribution is 2.22. The summed E-state index contributed by atoms with van der Waals surface area (Å²) in [5, 5.41) is 2.99. The molecule has 0 saturated carbocycles. The minimum Gasteiger partial charge on any atom is -0.368 e. The number of aromatic nitrogens is 2. The summed E-state index contributed by atoms with van der Waals surface area (Å²) in [6.07, 6.45) is 0.913. The summed E-state index contributed by atoms with van der Waals surface area (Å²) in [5.74, 6) is 0.423. The van der Waals surface area contributed by atoms with Gasteiger partial charge in [0.05, 0.1) is 5.69 Å². The Kier molecular flexibility index (Phi) is 4.47. The topological polar surface area (TPSA) is 37.8 Å². The molecule has 0 aliphatic rings. The molecule has 0 bridgehead atoms. The van der Waals surface area contributed by atoms with Crippen LogP contribution < -0.4 is 5.32 Å². The number of halogens is 2. The van der Waals surface area contributed by atoms with Crippen LogP contribution in [0, 0.1) is 12.7 Å². The second kappa shape index (κ2) is 6.10. The van der Waals surface area contributed by atoms with Crippen LogP contribution in [0.1, 0.15) is 19.0 Å². The van der Waals surface area contributed by atoms with Crippen molar-refractivity contribution in [2.45, 2.75) is 20.3 Å². The van der Waals surface area contributed by atoms with Crippen LogP contribution in [0.5, 0.6) is 0 Å². The molecule has 1 N–H and O–H groups in total. The smallest absolute Gasteiger partial charge is 0.186 e. The van der Waals surface area contributed by atoms with E-state index < -0.39 is 0 Å². The largest absolute Gasteiger partial charge is 0.368 e. The van der Waals surface area contributed by atoms with Crippen LogP contribution >= 0.6 is 15.9 Å². The molecule has 1 aromatic heterocycles. The molecular weight excluding hydrogens is 309 g/mol. The fourth-order valence-corrected chi connectivity index (χ4v) is 1.91. The van der Waals surface area contributed by atoms with Gasteiger partial charge in [0.1, 0.15) is 0 Å². The average Bonchev–Trinajstić information content (AvgIpc) is 2.41. The molecule has 19 heavy (non-hydrogen) atoms. The summed E-state index contributed by atoms with van der Waals surface area (Å²) >= 11 is 3.38. The van der Waals surface area contributed by atoms with Crippen LogP contribution in [0.2, 0.25) is 0 Å². The Hall–Kier alpha value is -1.49. The minimum atomic E-state index is -0.380. The molecule has 0 spiro atoms. The third kappa shape index (κ3) is 3.29. The molecule has 2 rings (SSSR count). The van der Waals surface area contributed by atoms with Crippen molar-refractivity contribution in [3.63, 3.8) is 0 Å². The van der Waals surface area contributed by atoms with Crippen LogP contribution in [0.4, 0.5) is 10.2 Å². The Morgan fingerprint density at radius 3 is 2.53 bits per heavy atom. The lowest BCUT2D eigenvalue weighted by Gasteiger charge is -2.09. The molecule has 5 heteroatoms. The molecule has 2 aromatic rings. The molecule has 100 valence electrons. The average molecular weight is 324 g/mol. The van der Waals surface area contributed by atoms with Crippen molar-refractivity contribution in [2.75, 3.05) is 11.9 Å². The number of rotatable bonds is 4. The van der Waals surface area contributed by atoms with Gasteiger partial charge in [-0.05, 0) is 25.5 Å². The summed E-state index contributed by atoms with van der Waals surface area (Å²) in [4.78, 5) is 8.46. The highest BCUT2D eigenvalue weighted by Gasteiger charge is 2.12. The first-order valence-corrected chi connectivity index (χ1v) is 6.95. The zero-order chi connectivity index (χ0) is 13.8. The molecule has 3 nitrogen and oxygen atoms in total. The van der Waals surface area contributed by atoms with Crippen LogP contribution in [0.15, 0.2) is 28.7 Å². The maximum absolute atomic E-state index is 13.9. The summed E-state index contributed by atoms with van der Waals surface area (Å²) in [5.41, 5.74) is 1.22. The second-order valence-electron chi connectivity index (χ2n) is 4.23. The Morgan fingerprint density at radius 2 is 1.89 bits per heavy atom. The molecule has 1 heterocycles. The van der Waals surface area contributed by atoms with E-state index in [4.69, 9.17) is 0 Å². The number of anilines is 1. The highest BCUT2D eigenvalue weighted by molar-refractivity contribution is 9.10. The summed E-state index contributed by atoms with van der Waals surface area (Å²) < 4.78 is 14.9. The molecule has 0 aliphatic heterocycles. The van der Waals surface area contributed by atoms with Gasteiger partial charge in [0.2, 0.25) is 0 Å². The van der Waals surface area contributed by atoms with Gasteiger partial charge in [-0.2, -0.15) is 0 Å². The van der Waals surface area contributed by atoms with Crippen LogP contribution in [0.25, 0.3) is 11.4 Å². The van der Waals surface area contributed by atoms with Crippen molar-refractivity contribution in [1.29, 1.82) is 0 Å². The molecule has 0 amide bonds. The Balaban J connectivity index is 2.40. The van der Waals surface area contributed by atoms with Gasteiger partial charge in [-0.1, -0.05) is 35.0 Å². The fourth-order valence-electron chi connectivity index (χ4n) is 1.65. The lowest BCUT2D eigenvalue weighted by Crippen LogP contribution is -2.08. The van der Waals surface area contributed by atoms with Crippen LogP contribution in [0.3, 0.4) is 0 Å². The van der Waals surface area contributed by atoms with E-state index in [1.54, 1.807) is 6.92 Å². The lowest BCUT2D eigenvalue weighted by atomic mass is 10.2. The molecule has 0 aliphatic carbocycles. The molecule has 1 aromatic carbocycles. The van der Waals surface area contributed by atoms with Crippen molar-refractivity contribution in [3.05, 3.63) is 40.2 Å². The first kappa shape index (κ1) is 13.9. The standard InChI is InChI=1S/C14H15BrFN3/c1-3-8-17-14-12(16)9(2)18-13(19-14)10-4-6-11(15)7-5-10/h4-7H,3,8H2,1-2H3,(H,17,18,19). The quantitative estimate of drug-likeness (QED) is 0.917. The van der Waals surface area contributed by atoms with Crippen molar-refractivity contribution in [1.82, 2.24) is 9.97 Å². The normalized spacial score (nSPS) is 10.5. The number of benzene rings is 1. The molecule has 0 unspecified atom stereocenters. The summed E-state index contributed by atoms with van der Waals surface area (Å²) in [6, 6.07) is 7.63. The van der Waals surface area contributed by atoms with Crippen LogP contribution in [-0.4, -0.2) is 16.5 Å². The molecule has 0 saturated heterocycles. The first-order chi connectivity index (χ1) is 9.11. The van der Waals surface area contributed by atoms with Gasteiger partial charge in [-0.3, -0.25) is 0 Å². The fraction of sp³-hybridized carbons (Fsp3) is 0.286. The summed E-state index contributed by atoms with van der Waals surface area (Å²) in [6.45, 7) is 4.36. The minimum absolute atomic E-state index is 0.271. The van der Waals surface area contributed by atoms with Gasteiger partial charge in [-0.25, -0.2) is 14.4 Å². The van der Waals surface area contributed by atoms with E-state index in [1.165, 1.54) is 0 Å². The molecule has 0 radical (unpaired) electrons. The highest BCUT2D eigenvalue weighted by atomic mass is 79.9. The van der Waals surface area contributed by atoms with E-state index in [1.807, 2.05) is 31.2 Å². The van der Waals surface area contributed by atoms with Crippen molar-refractivity contribution in [2.24, 2.45) is 0 Å². The number of hydrogen-bond donors (Lipinski definition) is 1. The molecule has 0 fully saturated rings. The van der Waals surface area contributed by atoms with Crippen LogP contribution in [-0.2, 0) is 0 Å². The van der Waals surface area contributed by atoms with Crippen molar-refractivity contribution in [3.8, 4) is 11.4 Å². The predicted molar refractivity (Wildman–Crippen MR) is 78.6 cm³/mol. The third-order valence-electron chi connectivity index (χ3n) is 2.66. The maximum atomic E-state index is 13.9. The van der Waals surface area contributed by atoms with E-state index in [9.17, 15) is 4.39 Å². The van der Waals surface area contributed by atoms with E-state index in [0.29, 0.717) is 18.1 Å². The zero-order valence-electron chi connectivity index (χ0n) is 10.9. The monoisotopic (exact) mass is 323 g/mol. The van der Waals surface area contributed by atoms with E-state index in [2.05, 4.69) is 31.2 Å². The maximum Gasteiger partial charge on any atom is 0.186 e. The third-order valence-corrected chi connectivity index (χ3v) is 3.19. The second-order valence-corrected chi connectivity index (χ2v) is 5.14. The van der Waals surface area contributed by atoms with Gasteiger partial charge in [0.25, 0.3) is 0 Å². The van der Waals surface area contributed by atoms with Gasteiger partial charge in [0.15, 0.2) is 17.5 Å². The van der Waals surface area contributed by atoms with Gasteiger partial charge < -0.3 is 5.32 Å². The number of hydrogen-bond acceptors (Lipinski definition) is 3. The number of aryl methyl sites for hydroxylation is 1. The van der Waals surface area contributed by atoms with Gasteiger partial charge in [0, 0.05) is 16.6 Å². The van der Waals surface area contributed by atoms with Gasteiger partial charge in [-0.15, -0.1) is 0 Å². The zero-order valence-corrected chi connectivity index (χ0v) is 12.5. The van der Waals surface area contributed by atoms with Gasteiger partial charge >= 0.3 is 0 Å². The predicted octanol–water partition coefficient (Wildman–Crippen LogP) is 4.18. The van der Waals surface area contributed by atoms with Crippen molar-refractivity contribution < 1.29 is 4.39 Å². The Morgan fingerprint density at radius 1 is 1.21 bits per heavy atom. The Labute approximate surface area is 120 Å². The Bertz CT molecular complexity index is 570.